The number of aromatic nitrogens is 1. The van der Waals surface area contributed by atoms with Gasteiger partial charge in [-0.2, -0.15) is 0 Å². The first-order valence-electron chi connectivity index (χ1n) is 11.6. The average Bonchev–Trinajstić information content (AvgIpc) is 3.36. The second-order valence-electron chi connectivity index (χ2n) is 9.33. The zero-order chi connectivity index (χ0) is 26.6. The van der Waals surface area contributed by atoms with Crippen molar-refractivity contribution in [2.75, 3.05) is 14.2 Å². The van der Waals surface area contributed by atoms with Crippen molar-refractivity contribution >= 4 is 29.2 Å². The largest absolute Gasteiger partial charge is 0.493 e. The summed E-state index contributed by atoms with van der Waals surface area (Å²) in [5.41, 5.74) is 3.45. The predicted molar refractivity (Wildman–Crippen MR) is 148 cm³/mol. The van der Waals surface area contributed by atoms with Crippen LogP contribution in [0.2, 0.25) is 0 Å². The van der Waals surface area contributed by atoms with Gasteiger partial charge in [0.1, 0.15) is 10.8 Å². The zero-order valence-electron chi connectivity index (χ0n) is 21.3. The SMILES string of the molecule is COc1ccc(-c2csc(C=Cc3ccc(Oc4ccc(C(C)(C)C)cc4)c([N+](=O)[O-])c3)n2)cc1OC. The summed E-state index contributed by atoms with van der Waals surface area (Å²) >= 11 is 1.48. The Morgan fingerprint density at radius 1 is 0.892 bits per heavy atom. The molecule has 0 aliphatic heterocycles. The number of hydrogen-bond donors (Lipinski definition) is 0. The highest BCUT2D eigenvalue weighted by Gasteiger charge is 2.18. The van der Waals surface area contributed by atoms with Crippen LogP contribution in [0.5, 0.6) is 23.0 Å². The van der Waals surface area contributed by atoms with E-state index in [1.165, 1.54) is 17.4 Å². The molecular formula is C29H28N2O5S. The molecule has 0 bridgehead atoms. The Hall–Kier alpha value is -4.17. The van der Waals surface area contributed by atoms with Gasteiger partial charge in [0.25, 0.3) is 0 Å². The van der Waals surface area contributed by atoms with Crippen LogP contribution in [0.4, 0.5) is 5.69 Å². The Morgan fingerprint density at radius 2 is 1.59 bits per heavy atom. The second kappa shape index (κ2) is 10.8. The zero-order valence-corrected chi connectivity index (χ0v) is 22.2. The van der Waals surface area contributed by atoms with E-state index in [0.29, 0.717) is 22.8 Å². The second-order valence-corrected chi connectivity index (χ2v) is 10.2. The maximum atomic E-state index is 11.8. The first-order chi connectivity index (χ1) is 17.7. The fourth-order valence-electron chi connectivity index (χ4n) is 3.68. The van der Waals surface area contributed by atoms with Gasteiger partial charge in [0.05, 0.1) is 24.8 Å². The molecule has 3 aromatic carbocycles. The number of methoxy groups -OCH3 is 2. The molecule has 0 atom stereocenters. The summed E-state index contributed by atoms with van der Waals surface area (Å²) in [5, 5.41) is 14.5. The molecule has 0 aliphatic carbocycles. The van der Waals surface area contributed by atoms with Crippen LogP contribution in [0, 0.1) is 10.1 Å². The van der Waals surface area contributed by atoms with Crippen LogP contribution in [0.1, 0.15) is 36.9 Å². The number of rotatable bonds is 8. The third kappa shape index (κ3) is 6.16. The lowest BCUT2D eigenvalue weighted by Gasteiger charge is -2.19. The molecule has 1 heterocycles. The highest BCUT2D eigenvalue weighted by atomic mass is 32.1. The molecule has 4 aromatic rings. The fourth-order valence-corrected chi connectivity index (χ4v) is 4.40. The van der Waals surface area contributed by atoms with Crippen molar-refractivity contribution < 1.29 is 19.1 Å². The number of nitro groups is 1. The van der Waals surface area contributed by atoms with Crippen LogP contribution in [0.3, 0.4) is 0 Å². The van der Waals surface area contributed by atoms with Crippen molar-refractivity contribution in [3.8, 4) is 34.3 Å². The molecule has 7 nitrogen and oxygen atoms in total. The Balaban J connectivity index is 1.52. The summed E-state index contributed by atoms with van der Waals surface area (Å²) in [6, 6.07) is 18.1. The van der Waals surface area contributed by atoms with E-state index in [0.717, 1.165) is 21.8 Å². The van der Waals surface area contributed by atoms with Gasteiger partial charge in [-0.05, 0) is 59.0 Å². The van der Waals surface area contributed by atoms with Crippen LogP contribution < -0.4 is 14.2 Å². The van der Waals surface area contributed by atoms with Crippen molar-refractivity contribution in [2.24, 2.45) is 0 Å². The first-order valence-corrected chi connectivity index (χ1v) is 12.5. The molecular weight excluding hydrogens is 488 g/mol. The van der Waals surface area contributed by atoms with Crippen LogP contribution >= 0.6 is 11.3 Å². The molecule has 0 saturated carbocycles. The summed E-state index contributed by atoms with van der Waals surface area (Å²) < 4.78 is 16.5. The van der Waals surface area contributed by atoms with Crippen molar-refractivity contribution in [1.29, 1.82) is 0 Å². The summed E-state index contributed by atoms with van der Waals surface area (Å²) in [6.45, 7) is 6.38. The predicted octanol–water partition coefficient (Wildman–Crippen LogP) is 8.00. The quantitative estimate of drug-likeness (QED) is 0.174. The minimum Gasteiger partial charge on any atom is -0.493 e. The molecule has 0 N–H and O–H groups in total. The number of nitrogens with zero attached hydrogens (tertiary/aromatic N) is 2. The average molecular weight is 517 g/mol. The summed E-state index contributed by atoms with van der Waals surface area (Å²) in [4.78, 5) is 16.0. The van der Waals surface area contributed by atoms with Gasteiger partial charge in [-0.25, -0.2) is 4.98 Å². The van der Waals surface area contributed by atoms with Gasteiger partial charge in [-0.1, -0.05) is 45.0 Å². The number of thiazole rings is 1. The lowest BCUT2D eigenvalue weighted by atomic mass is 9.87. The third-order valence-corrected chi connectivity index (χ3v) is 6.56. The monoisotopic (exact) mass is 516 g/mol. The molecule has 4 rings (SSSR count). The molecule has 0 radical (unpaired) electrons. The maximum absolute atomic E-state index is 11.8. The van der Waals surface area contributed by atoms with Gasteiger partial charge in [0.15, 0.2) is 11.5 Å². The normalized spacial score (nSPS) is 11.5. The van der Waals surface area contributed by atoms with Crippen LogP contribution in [-0.2, 0) is 5.41 Å². The number of hydrogen-bond acceptors (Lipinski definition) is 7. The number of nitro benzene ring substituents is 1. The lowest BCUT2D eigenvalue weighted by molar-refractivity contribution is -0.385. The molecule has 1 aromatic heterocycles. The summed E-state index contributed by atoms with van der Waals surface area (Å²) in [5.74, 6) is 2.02. The molecule has 190 valence electrons. The fraction of sp³-hybridized carbons (Fsp3) is 0.207. The molecule has 0 amide bonds. The molecule has 0 spiro atoms. The van der Waals surface area contributed by atoms with Gasteiger partial charge >= 0.3 is 5.69 Å². The minimum atomic E-state index is -0.436. The van der Waals surface area contributed by atoms with E-state index < -0.39 is 4.92 Å². The van der Waals surface area contributed by atoms with Crippen molar-refractivity contribution in [3.05, 3.63) is 92.3 Å². The van der Waals surface area contributed by atoms with E-state index in [1.807, 2.05) is 53.9 Å². The Labute approximate surface area is 220 Å². The van der Waals surface area contributed by atoms with Gasteiger partial charge in [0, 0.05) is 17.0 Å². The molecule has 37 heavy (non-hydrogen) atoms. The lowest BCUT2D eigenvalue weighted by Crippen LogP contribution is -2.10. The van der Waals surface area contributed by atoms with E-state index in [2.05, 4.69) is 25.8 Å². The van der Waals surface area contributed by atoms with Crippen molar-refractivity contribution in [3.63, 3.8) is 0 Å². The van der Waals surface area contributed by atoms with E-state index in [9.17, 15) is 10.1 Å². The summed E-state index contributed by atoms with van der Waals surface area (Å²) in [6.07, 6.45) is 3.63. The van der Waals surface area contributed by atoms with E-state index in [-0.39, 0.29) is 16.9 Å². The van der Waals surface area contributed by atoms with Crippen molar-refractivity contribution in [2.45, 2.75) is 26.2 Å². The van der Waals surface area contributed by atoms with Crippen LogP contribution in [-0.4, -0.2) is 24.1 Å². The van der Waals surface area contributed by atoms with Gasteiger partial charge in [-0.15, -0.1) is 11.3 Å². The molecule has 8 heteroatoms. The highest BCUT2D eigenvalue weighted by Crippen LogP contribution is 2.35. The van der Waals surface area contributed by atoms with Gasteiger partial charge in [0.2, 0.25) is 5.75 Å². The van der Waals surface area contributed by atoms with E-state index >= 15 is 0 Å². The maximum Gasteiger partial charge on any atom is 0.312 e. The third-order valence-electron chi connectivity index (χ3n) is 5.75. The topological polar surface area (TPSA) is 83.7 Å². The molecule has 0 aliphatic rings. The van der Waals surface area contributed by atoms with E-state index in [4.69, 9.17) is 14.2 Å². The molecule has 0 fully saturated rings. The standard InChI is InChI=1S/C29H28N2O5S/c1-29(2,3)21-9-11-22(12-10-21)36-25-13-6-19(16-24(25)31(32)33)7-15-28-30-23(18-37-28)20-8-14-26(34-4)27(17-20)35-5/h6-18H,1-5H3. The Morgan fingerprint density at radius 3 is 2.24 bits per heavy atom. The Kier molecular flexibility index (Phi) is 7.59. The minimum absolute atomic E-state index is 0.0121. The molecule has 0 saturated heterocycles. The first kappa shape index (κ1) is 25.9. The highest BCUT2D eigenvalue weighted by molar-refractivity contribution is 7.10. The molecule has 0 unspecified atom stereocenters. The Bertz CT molecular complexity index is 1440. The number of ether oxygens (including phenoxy) is 3. The summed E-state index contributed by atoms with van der Waals surface area (Å²) in [7, 11) is 3.19. The van der Waals surface area contributed by atoms with Crippen molar-refractivity contribution in [1.82, 2.24) is 4.98 Å². The van der Waals surface area contributed by atoms with Gasteiger partial charge < -0.3 is 14.2 Å². The number of benzene rings is 3. The van der Waals surface area contributed by atoms with Crippen LogP contribution in [0.25, 0.3) is 23.4 Å². The van der Waals surface area contributed by atoms with E-state index in [1.54, 1.807) is 32.4 Å². The smallest absolute Gasteiger partial charge is 0.312 e. The van der Waals surface area contributed by atoms with Crippen LogP contribution in [0.15, 0.2) is 66.0 Å². The van der Waals surface area contributed by atoms with Gasteiger partial charge in [-0.3, -0.25) is 10.1 Å².